The van der Waals surface area contributed by atoms with Crippen molar-refractivity contribution >= 4 is 6.16 Å². The quantitative estimate of drug-likeness (QED) is 0.118. The third-order valence-electron chi connectivity index (χ3n) is 5.92. The van der Waals surface area contributed by atoms with Gasteiger partial charge in [0.25, 0.3) is 0 Å². The van der Waals surface area contributed by atoms with E-state index < -0.39 is 6.16 Å². The van der Waals surface area contributed by atoms with E-state index >= 15 is 0 Å². The molecule has 2 N–H and O–H groups in total. The summed E-state index contributed by atoms with van der Waals surface area (Å²) in [6.45, 7) is 4.96. The molecule has 1 aromatic rings. The van der Waals surface area contributed by atoms with E-state index in [9.17, 15) is 9.90 Å². The first-order valence-corrected chi connectivity index (χ1v) is 13.0. The number of hydrogen-bond donors (Lipinski definition) is 2. The first-order chi connectivity index (χ1) is 15.6. The number of phenolic OH excluding ortho intramolecular Hbond substituents is 1. The normalized spacial score (nSPS) is 10.9. The molecule has 1 aromatic carbocycles. The second kappa shape index (κ2) is 18.6. The van der Waals surface area contributed by atoms with Crippen LogP contribution in [0.3, 0.4) is 0 Å². The highest BCUT2D eigenvalue weighted by molar-refractivity contribution is 5.65. The van der Waals surface area contributed by atoms with Gasteiger partial charge in [0.15, 0.2) is 11.5 Å². The molecule has 0 heterocycles. The van der Waals surface area contributed by atoms with Crippen LogP contribution in [-0.4, -0.2) is 23.0 Å². The lowest BCUT2D eigenvalue weighted by atomic mass is 10.0. The highest BCUT2D eigenvalue weighted by Crippen LogP contribution is 2.40. The van der Waals surface area contributed by atoms with Crippen molar-refractivity contribution in [3.63, 3.8) is 0 Å². The number of hydrogen-bond acceptors (Lipinski definition) is 4. The summed E-state index contributed by atoms with van der Waals surface area (Å²) in [6.07, 6.45) is 19.1. The Hall–Kier alpha value is -1.91. The lowest BCUT2D eigenvalue weighted by Gasteiger charge is -2.15. The van der Waals surface area contributed by atoms with Gasteiger partial charge in [0.05, 0.1) is 6.61 Å². The minimum Gasteiger partial charge on any atom is -0.502 e. The van der Waals surface area contributed by atoms with Crippen LogP contribution in [-0.2, 0) is 6.42 Å². The molecular formula is C27H46O5. The second-order valence-electron chi connectivity index (χ2n) is 8.82. The number of unbranched alkanes of at least 4 members (excludes halogenated alkanes) is 14. The largest absolute Gasteiger partial charge is 0.511 e. The van der Waals surface area contributed by atoms with Gasteiger partial charge >= 0.3 is 6.16 Å². The van der Waals surface area contributed by atoms with E-state index in [1.807, 2.05) is 6.07 Å². The number of phenols is 1. The average molecular weight is 451 g/mol. The molecule has 0 saturated heterocycles. The van der Waals surface area contributed by atoms with Gasteiger partial charge in [0, 0.05) is 0 Å². The molecule has 184 valence electrons. The summed E-state index contributed by atoms with van der Waals surface area (Å²) < 4.78 is 10.6. The summed E-state index contributed by atoms with van der Waals surface area (Å²) in [5.74, 6) is 0.106. The van der Waals surface area contributed by atoms with Crippen LogP contribution in [0.15, 0.2) is 12.1 Å². The maximum atomic E-state index is 10.9. The molecule has 0 aliphatic rings. The third kappa shape index (κ3) is 12.8. The molecule has 0 radical (unpaired) electrons. The number of ether oxygens (including phenoxy) is 2. The Morgan fingerprint density at radius 3 is 1.78 bits per heavy atom. The summed E-state index contributed by atoms with van der Waals surface area (Å²) in [4.78, 5) is 10.9. The number of aryl methyl sites for hydroxylation is 1. The molecule has 0 unspecified atom stereocenters. The van der Waals surface area contributed by atoms with Gasteiger partial charge in [0.1, 0.15) is 0 Å². The Morgan fingerprint density at radius 2 is 1.25 bits per heavy atom. The van der Waals surface area contributed by atoms with Crippen LogP contribution in [0.25, 0.3) is 0 Å². The van der Waals surface area contributed by atoms with Crippen LogP contribution in [0.2, 0.25) is 0 Å². The van der Waals surface area contributed by atoms with E-state index in [4.69, 9.17) is 14.6 Å². The molecule has 0 amide bonds. The van der Waals surface area contributed by atoms with Crippen molar-refractivity contribution in [2.45, 2.75) is 123 Å². The third-order valence-corrected chi connectivity index (χ3v) is 5.92. The Bertz CT molecular complexity index is 614. The summed E-state index contributed by atoms with van der Waals surface area (Å²) in [7, 11) is 0. The Morgan fingerprint density at radius 1 is 0.750 bits per heavy atom. The van der Waals surface area contributed by atoms with Gasteiger partial charge in [-0.25, -0.2) is 4.79 Å². The Balaban J connectivity index is 2.39. The number of carboxylic acid groups (broad SMARTS) is 1. The highest BCUT2D eigenvalue weighted by Gasteiger charge is 2.17. The summed E-state index contributed by atoms with van der Waals surface area (Å²) in [6, 6.07) is 3.33. The van der Waals surface area contributed by atoms with Crippen molar-refractivity contribution in [2.75, 3.05) is 6.61 Å². The average Bonchev–Trinajstić information content (AvgIpc) is 2.77. The van der Waals surface area contributed by atoms with Crippen molar-refractivity contribution in [1.29, 1.82) is 0 Å². The van der Waals surface area contributed by atoms with Crippen molar-refractivity contribution in [2.24, 2.45) is 0 Å². The summed E-state index contributed by atoms with van der Waals surface area (Å²) in [5.41, 5.74) is 0.916. The zero-order valence-electron chi connectivity index (χ0n) is 20.5. The maximum absolute atomic E-state index is 10.9. The fourth-order valence-corrected chi connectivity index (χ4v) is 3.99. The minimum absolute atomic E-state index is 0.0684. The van der Waals surface area contributed by atoms with Crippen LogP contribution < -0.4 is 9.47 Å². The topological polar surface area (TPSA) is 76.0 Å². The van der Waals surface area contributed by atoms with E-state index in [0.29, 0.717) is 12.4 Å². The molecule has 5 nitrogen and oxygen atoms in total. The molecule has 0 fully saturated rings. The molecule has 0 aliphatic carbocycles. The lowest BCUT2D eigenvalue weighted by molar-refractivity contribution is 0.142. The molecule has 1 rings (SSSR count). The summed E-state index contributed by atoms with van der Waals surface area (Å²) in [5, 5.41) is 19.4. The second-order valence-corrected chi connectivity index (χ2v) is 8.82. The van der Waals surface area contributed by atoms with Crippen molar-refractivity contribution in [1.82, 2.24) is 0 Å². The predicted molar refractivity (Wildman–Crippen MR) is 131 cm³/mol. The van der Waals surface area contributed by atoms with Gasteiger partial charge < -0.3 is 19.7 Å². The number of aromatic hydroxyl groups is 1. The Labute approximate surface area is 195 Å². The van der Waals surface area contributed by atoms with E-state index in [1.54, 1.807) is 0 Å². The Kier molecular flexibility index (Phi) is 16.4. The minimum atomic E-state index is -1.44. The predicted octanol–water partition coefficient (Wildman–Crippen LogP) is 8.65. The van der Waals surface area contributed by atoms with Crippen LogP contribution in [0.1, 0.15) is 122 Å². The van der Waals surface area contributed by atoms with Gasteiger partial charge in [-0.3, -0.25) is 0 Å². The zero-order chi connectivity index (χ0) is 23.4. The first kappa shape index (κ1) is 28.1. The fourth-order valence-electron chi connectivity index (χ4n) is 3.99. The van der Waals surface area contributed by atoms with Gasteiger partial charge in [-0.1, -0.05) is 110 Å². The van der Waals surface area contributed by atoms with Crippen LogP contribution in [0.5, 0.6) is 17.2 Å². The highest BCUT2D eigenvalue weighted by atomic mass is 16.7. The number of carbonyl (C=O) groups is 1. The van der Waals surface area contributed by atoms with E-state index in [-0.39, 0.29) is 11.5 Å². The van der Waals surface area contributed by atoms with Gasteiger partial charge in [-0.2, -0.15) is 0 Å². The number of rotatable bonds is 20. The van der Waals surface area contributed by atoms with E-state index in [0.717, 1.165) is 37.7 Å². The molecule has 32 heavy (non-hydrogen) atoms. The molecule has 0 saturated carbocycles. The van der Waals surface area contributed by atoms with Gasteiger partial charge in [-0.05, 0) is 30.9 Å². The molecule has 0 spiro atoms. The molecule has 0 aromatic heterocycles. The molecule has 0 bridgehead atoms. The van der Waals surface area contributed by atoms with E-state index in [1.165, 1.54) is 83.1 Å². The monoisotopic (exact) mass is 450 g/mol. The first-order valence-electron chi connectivity index (χ1n) is 13.0. The van der Waals surface area contributed by atoms with Gasteiger partial charge in [0.2, 0.25) is 5.75 Å². The molecule has 0 atom stereocenters. The fraction of sp³-hybridized carbons (Fsp3) is 0.741. The van der Waals surface area contributed by atoms with Gasteiger partial charge in [-0.15, -0.1) is 0 Å². The molecular weight excluding hydrogens is 404 g/mol. The van der Waals surface area contributed by atoms with Crippen molar-refractivity contribution in [3.05, 3.63) is 17.7 Å². The maximum Gasteiger partial charge on any atom is 0.511 e. The van der Waals surface area contributed by atoms with Crippen LogP contribution >= 0.6 is 0 Å². The smallest absolute Gasteiger partial charge is 0.502 e. The molecule has 0 aliphatic heterocycles. The van der Waals surface area contributed by atoms with Crippen molar-refractivity contribution in [3.8, 4) is 17.2 Å². The van der Waals surface area contributed by atoms with Crippen LogP contribution in [0, 0.1) is 0 Å². The van der Waals surface area contributed by atoms with E-state index in [2.05, 4.69) is 13.8 Å². The standard InChI is InChI=1S/C27H46O5/c1-3-5-7-9-10-11-12-13-14-16-18-22-31-26-23(19-17-15-8-6-4-2)20-21-24(25(26)28)32-27(29)30/h20-21,28H,3-19,22H2,1-2H3,(H,29,30). The summed E-state index contributed by atoms with van der Waals surface area (Å²) >= 11 is 0. The molecule has 5 heteroatoms. The van der Waals surface area contributed by atoms with Crippen molar-refractivity contribution < 1.29 is 24.5 Å². The SMILES string of the molecule is CCCCCCCCCCCCCOc1c(CCCCCCC)ccc(OC(=O)O)c1O. The number of benzene rings is 1. The lowest BCUT2D eigenvalue weighted by Crippen LogP contribution is -2.06. The van der Waals surface area contributed by atoms with Crippen LogP contribution in [0.4, 0.5) is 4.79 Å². The zero-order valence-corrected chi connectivity index (χ0v) is 20.5.